The zero-order chi connectivity index (χ0) is 22.8. The summed E-state index contributed by atoms with van der Waals surface area (Å²) in [6.45, 7) is 4.43. The van der Waals surface area contributed by atoms with Gasteiger partial charge in [0.2, 0.25) is 5.91 Å². The van der Waals surface area contributed by atoms with E-state index in [1.165, 1.54) is 0 Å². The van der Waals surface area contributed by atoms with Gasteiger partial charge in [-0.3, -0.25) is 4.79 Å². The molecule has 1 aromatic heterocycles. The highest BCUT2D eigenvalue weighted by atomic mass is 16.5. The largest absolute Gasteiger partial charge is 0.497 e. The lowest BCUT2D eigenvalue weighted by Crippen LogP contribution is -2.18. The molecule has 0 spiro atoms. The number of methoxy groups -OCH3 is 1. The summed E-state index contributed by atoms with van der Waals surface area (Å²) in [6, 6.07) is 17.5. The maximum atomic E-state index is 12.7. The van der Waals surface area contributed by atoms with E-state index in [1.54, 1.807) is 13.3 Å². The number of carbonyl (C=O) groups excluding carboxylic acids is 1. The van der Waals surface area contributed by atoms with Crippen molar-refractivity contribution in [1.82, 2.24) is 9.97 Å². The lowest BCUT2D eigenvalue weighted by Gasteiger charge is -2.18. The summed E-state index contributed by atoms with van der Waals surface area (Å²) in [7, 11) is 1.65. The summed E-state index contributed by atoms with van der Waals surface area (Å²) >= 11 is 0. The molecule has 2 aromatic carbocycles. The van der Waals surface area contributed by atoms with Crippen molar-refractivity contribution in [2.45, 2.75) is 52.4 Å². The van der Waals surface area contributed by atoms with E-state index in [1.807, 2.05) is 54.6 Å². The Morgan fingerprint density at radius 2 is 1.69 bits per heavy atom. The van der Waals surface area contributed by atoms with E-state index in [0.29, 0.717) is 18.2 Å². The van der Waals surface area contributed by atoms with Crippen LogP contribution in [0.5, 0.6) is 5.75 Å². The summed E-state index contributed by atoms with van der Waals surface area (Å²) in [5, 5.41) is 3.01. The third-order valence-electron chi connectivity index (χ3n) is 5.57. The molecule has 5 nitrogen and oxygen atoms in total. The van der Waals surface area contributed by atoms with Crippen molar-refractivity contribution in [1.29, 1.82) is 0 Å². The number of nitrogens with zero attached hydrogens (tertiary/aromatic N) is 2. The fourth-order valence-electron chi connectivity index (χ4n) is 3.97. The van der Waals surface area contributed by atoms with Crippen LogP contribution in [0.4, 0.5) is 5.82 Å². The summed E-state index contributed by atoms with van der Waals surface area (Å²) in [5.41, 5.74) is 3.61. The van der Waals surface area contributed by atoms with E-state index in [4.69, 9.17) is 9.72 Å². The van der Waals surface area contributed by atoms with E-state index >= 15 is 0 Å². The molecule has 0 aliphatic rings. The van der Waals surface area contributed by atoms with Crippen LogP contribution in [-0.2, 0) is 17.6 Å². The highest BCUT2D eigenvalue weighted by molar-refractivity contribution is 5.92. The van der Waals surface area contributed by atoms with Gasteiger partial charge in [0.15, 0.2) is 5.82 Å². The zero-order valence-corrected chi connectivity index (χ0v) is 19.3. The first-order valence-electron chi connectivity index (χ1n) is 11.5. The van der Waals surface area contributed by atoms with Crippen molar-refractivity contribution in [2.24, 2.45) is 5.92 Å². The van der Waals surface area contributed by atoms with Gasteiger partial charge in [-0.2, -0.15) is 0 Å². The number of carbonyl (C=O) groups is 1. The number of hydrogen-bond donors (Lipinski definition) is 1. The Bertz CT molecular complexity index is 982. The Morgan fingerprint density at radius 1 is 1.00 bits per heavy atom. The zero-order valence-electron chi connectivity index (χ0n) is 19.3. The fourth-order valence-corrected chi connectivity index (χ4v) is 3.97. The molecule has 1 heterocycles. The molecule has 1 amide bonds. The molecule has 0 radical (unpaired) electrons. The topological polar surface area (TPSA) is 64.1 Å². The van der Waals surface area contributed by atoms with Crippen molar-refractivity contribution < 1.29 is 9.53 Å². The molecule has 0 atom stereocenters. The SMILES string of the molecule is CCCC(CCC)Cc1nc(-c2ccc(OC)cc2)cnc1NC(=O)Cc1ccccc1. The predicted molar refractivity (Wildman–Crippen MR) is 130 cm³/mol. The van der Waals surface area contributed by atoms with Gasteiger partial charge in [0.1, 0.15) is 5.75 Å². The van der Waals surface area contributed by atoms with Crippen LogP contribution in [0.1, 0.15) is 50.8 Å². The standard InChI is InChI=1S/C27H33N3O2/c1-4-9-20(10-5-2)17-24-27(30-26(31)18-21-11-7-6-8-12-21)28-19-25(29-24)22-13-15-23(32-3)16-14-22/h6-8,11-16,19-20H,4-5,9-10,17-18H2,1-3H3,(H,28,30,31). The van der Waals surface area contributed by atoms with Gasteiger partial charge < -0.3 is 10.1 Å². The Hall–Kier alpha value is -3.21. The van der Waals surface area contributed by atoms with Crippen LogP contribution in [0.15, 0.2) is 60.8 Å². The van der Waals surface area contributed by atoms with Crippen LogP contribution in [0.2, 0.25) is 0 Å². The second-order valence-corrected chi connectivity index (χ2v) is 8.14. The smallest absolute Gasteiger partial charge is 0.229 e. The van der Waals surface area contributed by atoms with Gasteiger partial charge in [0.05, 0.1) is 31.1 Å². The Balaban J connectivity index is 1.87. The number of rotatable bonds is 11. The van der Waals surface area contributed by atoms with Crippen LogP contribution in [0.25, 0.3) is 11.3 Å². The molecule has 0 unspecified atom stereocenters. The third kappa shape index (κ3) is 6.64. The van der Waals surface area contributed by atoms with E-state index in [2.05, 4.69) is 24.1 Å². The number of ether oxygens (including phenoxy) is 1. The average molecular weight is 432 g/mol. The van der Waals surface area contributed by atoms with Crippen LogP contribution in [0.3, 0.4) is 0 Å². The molecule has 0 fully saturated rings. The molecule has 0 saturated heterocycles. The molecule has 0 aliphatic carbocycles. The van der Waals surface area contributed by atoms with E-state index in [-0.39, 0.29) is 5.91 Å². The van der Waals surface area contributed by atoms with Gasteiger partial charge >= 0.3 is 0 Å². The van der Waals surface area contributed by atoms with Crippen LogP contribution < -0.4 is 10.1 Å². The monoisotopic (exact) mass is 431 g/mol. The maximum absolute atomic E-state index is 12.7. The lowest BCUT2D eigenvalue weighted by atomic mass is 9.93. The summed E-state index contributed by atoms with van der Waals surface area (Å²) in [6.07, 6.45) is 7.39. The minimum absolute atomic E-state index is 0.0773. The number of benzene rings is 2. The maximum Gasteiger partial charge on any atom is 0.229 e. The molecule has 5 heteroatoms. The molecule has 0 saturated carbocycles. The molecule has 3 aromatic rings. The summed E-state index contributed by atoms with van der Waals surface area (Å²) in [5.74, 6) is 1.82. The minimum atomic E-state index is -0.0773. The second kappa shape index (κ2) is 12.0. The van der Waals surface area contributed by atoms with Crippen molar-refractivity contribution in [2.75, 3.05) is 12.4 Å². The van der Waals surface area contributed by atoms with Crippen LogP contribution in [0, 0.1) is 5.92 Å². The summed E-state index contributed by atoms with van der Waals surface area (Å²) < 4.78 is 5.26. The Morgan fingerprint density at radius 3 is 2.31 bits per heavy atom. The second-order valence-electron chi connectivity index (χ2n) is 8.14. The van der Waals surface area contributed by atoms with Gasteiger partial charge in [-0.15, -0.1) is 0 Å². The highest BCUT2D eigenvalue weighted by Gasteiger charge is 2.17. The van der Waals surface area contributed by atoms with E-state index in [0.717, 1.165) is 60.4 Å². The minimum Gasteiger partial charge on any atom is -0.497 e. The van der Waals surface area contributed by atoms with Crippen LogP contribution >= 0.6 is 0 Å². The predicted octanol–water partition coefficient (Wildman–Crippen LogP) is 6.09. The third-order valence-corrected chi connectivity index (χ3v) is 5.57. The van der Waals surface area contributed by atoms with Crippen molar-refractivity contribution in [3.05, 3.63) is 72.1 Å². The van der Waals surface area contributed by atoms with Crippen molar-refractivity contribution >= 4 is 11.7 Å². The van der Waals surface area contributed by atoms with Crippen LogP contribution in [-0.4, -0.2) is 23.0 Å². The quantitative estimate of drug-likeness (QED) is 0.399. The van der Waals surface area contributed by atoms with Gasteiger partial charge in [-0.25, -0.2) is 9.97 Å². The molecule has 168 valence electrons. The molecule has 32 heavy (non-hydrogen) atoms. The van der Waals surface area contributed by atoms with Crippen molar-refractivity contribution in [3.8, 4) is 17.0 Å². The van der Waals surface area contributed by atoms with Crippen molar-refractivity contribution in [3.63, 3.8) is 0 Å². The number of amides is 1. The molecule has 1 N–H and O–H groups in total. The first kappa shape index (κ1) is 23.5. The average Bonchev–Trinajstić information content (AvgIpc) is 2.81. The van der Waals surface area contributed by atoms with E-state index in [9.17, 15) is 4.79 Å². The first-order valence-corrected chi connectivity index (χ1v) is 11.5. The van der Waals surface area contributed by atoms with E-state index < -0.39 is 0 Å². The number of aromatic nitrogens is 2. The Labute approximate surface area is 191 Å². The number of hydrogen-bond acceptors (Lipinski definition) is 4. The summed E-state index contributed by atoms with van der Waals surface area (Å²) in [4.78, 5) is 22.3. The highest BCUT2D eigenvalue weighted by Crippen LogP contribution is 2.26. The Kier molecular flexibility index (Phi) is 8.79. The molecular weight excluding hydrogens is 398 g/mol. The fraction of sp³-hybridized carbons (Fsp3) is 0.370. The number of anilines is 1. The van der Waals surface area contributed by atoms with Gasteiger partial charge in [0, 0.05) is 5.56 Å². The van der Waals surface area contributed by atoms with Gasteiger partial charge in [-0.1, -0.05) is 69.9 Å². The molecule has 0 aliphatic heterocycles. The molecule has 3 rings (SSSR count). The normalized spacial score (nSPS) is 10.9. The lowest BCUT2D eigenvalue weighted by molar-refractivity contribution is -0.115. The first-order chi connectivity index (χ1) is 15.6. The molecular formula is C27H33N3O2. The molecule has 0 bridgehead atoms. The van der Waals surface area contributed by atoms with Gasteiger partial charge in [-0.05, 0) is 42.2 Å². The van der Waals surface area contributed by atoms with Gasteiger partial charge in [0.25, 0.3) is 0 Å². The number of nitrogens with one attached hydrogen (secondary N) is 1.